The smallest absolute Gasteiger partial charge is 0.274 e. The Balaban J connectivity index is 2.44. The van der Waals surface area contributed by atoms with Gasteiger partial charge in [-0.25, -0.2) is 5.48 Å². The third-order valence-corrected chi connectivity index (χ3v) is 3.48. The Hall–Kier alpha value is -3.45. The van der Waals surface area contributed by atoms with Crippen LogP contribution in [0.2, 0.25) is 0 Å². The number of nitrogens with two attached hydrogens (primary N) is 1. The van der Waals surface area contributed by atoms with Crippen LogP contribution in [0.3, 0.4) is 0 Å². The molecule has 0 aliphatic rings. The zero-order chi connectivity index (χ0) is 18.4. The summed E-state index contributed by atoms with van der Waals surface area (Å²) in [5, 5.41) is 18.1. The van der Waals surface area contributed by atoms with Crippen molar-refractivity contribution in [2.75, 3.05) is 0 Å². The summed E-state index contributed by atoms with van der Waals surface area (Å²) in [5.41, 5.74) is 9.80. The molecule has 7 heteroatoms. The molecule has 2 aromatic carbocycles. The lowest BCUT2D eigenvalue weighted by Crippen LogP contribution is -2.36. The minimum absolute atomic E-state index is 0.310. The van der Waals surface area contributed by atoms with Gasteiger partial charge in [0.15, 0.2) is 5.96 Å². The third-order valence-electron chi connectivity index (χ3n) is 3.48. The van der Waals surface area contributed by atoms with E-state index < -0.39 is 17.8 Å². The predicted octanol–water partition coefficient (Wildman–Crippen LogP) is 1.89. The summed E-state index contributed by atoms with van der Waals surface area (Å²) < 4.78 is 0. The average molecular weight is 338 g/mol. The fourth-order valence-electron chi connectivity index (χ4n) is 2.30. The van der Waals surface area contributed by atoms with E-state index in [2.05, 4.69) is 5.32 Å². The van der Waals surface area contributed by atoms with Crippen LogP contribution in [0.25, 0.3) is 17.2 Å². The molecule has 0 aliphatic carbocycles. The number of nitrogens with one attached hydrogen (secondary N) is 3. The van der Waals surface area contributed by atoms with Crippen molar-refractivity contribution >= 4 is 23.8 Å². The van der Waals surface area contributed by atoms with E-state index in [-0.39, 0.29) is 0 Å². The normalized spacial score (nSPS) is 10.9. The van der Waals surface area contributed by atoms with Crippen molar-refractivity contribution in [1.29, 1.82) is 5.41 Å². The molecule has 6 N–H and O–H groups in total. The van der Waals surface area contributed by atoms with Crippen LogP contribution in [0.5, 0.6) is 0 Å². The van der Waals surface area contributed by atoms with E-state index in [1.807, 2.05) is 30.3 Å². The Morgan fingerprint density at radius 1 is 1.16 bits per heavy atom. The van der Waals surface area contributed by atoms with Gasteiger partial charge in [-0.2, -0.15) is 0 Å². The Labute approximate surface area is 144 Å². The second-order valence-corrected chi connectivity index (χ2v) is 5.30. The molecule has 0 aliphatic heterocycles. The van der Waals surface area contributed by atoms with E-state index in [4.69, 9.17) is 16.4 Å². The van der Waals surface area contributed by atoms with Gasteiger partial charge in [0, 0.05) is 11.1 Å². The zero-order valence-corrected chi connectivity index (χ0v) is 13.5. The molecular weight excluding hydrogens is 320 g/mol. The lowest BCUT2D eigenvalue weighted by molar-refractivity contribution is -0.116. The molecule has 0 fully saturated rings. The Bertz CT molecular complexity index is 859. The van der Waals surface area contributed by atoms with Gasteiger partial charge in [0.2, 0.25) is 0 Å². The minimum Gasteiger partial charge on any atom is -0.370 e. The van der Waals surface area contributed by atoms with E-state index in [0.717, 1.165) is 16.7 Å². The Morgan fingerprint density at radius 2 is 1.88 bits per heavy atom. The SMILES string of the molecule is C/C(=C\c1ccccc1-c1cccc(C(=O)NO)c1)C(=O)NC(=N)N. The molecule has 2 aromatic rings. The maximum atomic E-state index is 11.9. The standard InChI is InChI=1S/C18H18N4O3/c1-11(16(23)21-18(19)20)9-12-5-2-3-8-15(12)13-6-4-7-14(10-13)17(24)22-25/h2-10,25H,1H3,(H,22,24)(H4,19,20,21,23)/b11-9+. The zero-order valence-electron chi connectivity index (χ0n) is 13.5. The minimum atomic E-state index is -0.605. The van der Waals surface area contributed by atoms with Crippen LogP contribution in [0.15, 0.2) is 54.1 Å². The summed E-state index contributed by atoms with van der Waals surface area (Å²) in [6, 6.07) is 14.1. The number of hydrogen-bond acceptors (Lipinski definition) is 4. The second kappa shape index (κ2) is 7.89. The lowest BCUT2D eigenvalue weighted by Gasteiger charge is -2.09. The molecule has 0 aromatic heterocycles. The summed E-state index contributed by atoms with van der Waals surface area (Å²) in [7, 11) is 0. The van der Waals surface area contributed by atoms with Gasteiger partial charge in [-0.1, -0.05) is 36.4 Å². The largest absolute Gasteiger partial charge is 0.370 e. The molecule has 0 unspecified atom stereocenters. The van der Waals surface area contributed by atoms with E-state index in [9.17, 15) is 9.59 Å². The Kier molecular flexibility index (Phi) is 5.65. The van der Waals surface area contributed by atoms with Crippen LogP contribution in [0.4, 0.5) is 0 Å². The number of rotatable bonds is 4. The molecule has 0 heterocycles. The highest BCUT2D eigenvalue weighted by atomic mass is 16.5. The van der Waals surface area contributed by atoms with Crippen LogP contribution in [0, 0.1) is 5.41 Å². The van der Waals surface area contributed by atoms with Gasteiger partial charge >= 0.3 is 0 Å². The van der Waals surface area contributed by atoms with Gasteiger partial charge < -0.3 is 5.73 Å². The van der Waals surface area contributed by atoms with Crippen LogP contribution >= 0.6 is 0 Å². The topological polar surface area (TPSA) is 128 Å². The monoisotopic (exact) mass is 338 g/mol. The summed E-state index contributed by atoms with van der Waals surface area (Å²) in [5.74, 6) is -1.49. The fraction of sp³-hybridized carbons (Fsp3) is 0.0556. The third kappa shape index (κ3) is 4.52. The first-order valence-electron chi connectivity index (χ1n) is 7.40. The van der Waals surface area contributed by atoms with Crippen molar-refractivity contribution in [3.8, 4) is 11.1 Å². The molecule has 0 atom stereocenters. The predicted molar refractivity (Wildman–Crippen MR) is 94.8 cm³/mol. The summed E-state index contributed by atoms with van der Waals surface area (Å²) in [6.07, 6.45) is 1.67. The molecule has 2 amide bonds. The number of hydroxylamine groups is 1. The van der Waals surface area contributed by atoms with Crippen molar-refractivity contribution in [3.63, 3.8) is 0 Å². The second-order valence-electron chi connectivity index (χ2n) is 5.30. The molecule has 25 heavy (non-hydrogen) atoms. The van der Waals surface area contributed by atoms with E-state index >= 15 is 0 Å². The van der Waals surface area contributed by atoms with Crippen molar-refractivity contribution < 1.29 is 14.8 Å². The van der Waals surface area contributed by atoms with Gasteiger partial charge in [-0.05, 0) is 41.8 Å². The van der Waals surface area contributed by atoms with E-state index in [1.165, 1.54) is 0 Å². The van der Waals surface area contributed by atoms with Gasteiger partial charge in [0.1, 0.15) is 0 Å². The van der Waals surface area contributed by atoms with Gasteiger partial charge in [-0.15, -0.1) is 0 Å². The summed E-state index contributed by atoms with van der Waals surface area (Å²) in [4.78, 5) is 23.5. The maximum absolute atomic E-state index is 11.9. The van der Waals surface area contributed by atoms with Gasteiger partial charge in [0.25, 0.3) is 11.8 Å². The van der Waals surface area contributed by atoms with Crippen LogP contribution in [-0.2, 0) is 4.79 Å². The molecule has 0 radical (unpaired) electrons. The number of carbonyl (C=O) groups excluding carboxylic acids is 2. The molecule has 0 spiro atoms. The number of hydrogen-bond donors (Lipinski definition) is 5. The molecule has 7 nitrogen and oxygen atoms in total. The first-order valence-corrected chi connectivity index (χ1v) is 7.40. The Morgan fingerprint density at radius 3 is 2.56 bits per heavy atom. The fourth-order valence-corrected chi connectivity index (χ4v) is 2.30. The number of carbonyl (C=O) groups is 2. The number of benzene rings is 2. The van der Waals surface area contributed by atoms with E-state index in [0.29, 0.717) is 11.1 Å². The van der Waals surface area contributed by atoms with Crippen LogP contribution in [-0.4, -0.2) is 23.0 Å². The van der Waals surface area contributed by atoms with Crippen LogP contribution in [0.1, 0.15) is 22.8 Å². The van der Waals surface area contributed by atoms with Crippen molar-refractivity contribution in [2.45, 2.75) is 6.92 Å². The molecule has 0 bridgehead atoms. The number of guanidine groups is 1. The molecule has 0 saturated heterocycles. The summed E-state index contributed by atoms with van der Waals surface area (Å²) in [6.45, 7) is 1.62. The van der Waals surface area contributed by atoms with Crippen molar-refractivity contribution in [2.24, 2.45) is 5.73 Å². The van der Waals surface area contributed by atoms with Gasteiger partial charge in [0.05, 0.1) is 0 Å². The highest BCUT2D eigenvalue weighted by Gasteiger charge is 2.10. The highest BCUT2D eigenvalue weighted by molar-refractivity contribution is 6.06. The average Bonchev–Trinajstić information content (AvgIpc) is 2.61. The van der Waals surface area contributed by atoms with Crippen molar-refractivity contribution in [1.82, 2.24) is 10.8 Å². The molecule has 128 valence electrons. The maximum Gasteiger partial charge on any atom is 0.274 e. The highest BCUT2D eigenvalue weighted by Crippen LogP contribution is 2.26. The summed E-state index contributed by atoms with van der Waals surface area (Å²) >= 11 is 0. The quantitative estimate of drug-likeness (QED) is 0.192. The number of amides is 2. The van der Waals surface area contributed by atoms with Crippen LogP contribution < -0.4 is 16.5 Å². The molecule has 0 saturated carbocycles. The first kappa shape index (κ1) is 17.9. The molecular formula is C18H18N4O3. The van der Waals surface area contributed by atoms with Gasteiger partial charge in [-0.3, -0.25) is 25.5 Å². The molecule has 2 rings (SSSR count). The lowest BCUT2D eigenvalue weighted by atomic mass is 9.96. The van der Waals surface area contributed by atoms with E-state index in [1.54, 1.807) is 36.7 Å². The first-order chi connectivity index (χ1) is 11.9. The van der Waals surface area contributed by atoms with Crippen molar-refractivity contribution in [3.05, 3.63) is 65.2 Å².